The van der Waals surface area contributed by atoms with Crippen molar-refractivity contribution in [2.45, 2.75) is 45.1 Å². The van der Waals surface area contributed by atoms with Crippen LogP contribution in [-0.2, 0) is 5.54 Å². The van der Waals surface area contributed by atoms with Crippen LogP contribution in [-0.4, -0.2) is 17.2 Å². The van der Waals surface area contributed by atoms with Crippen LogP contribution in [0.4, 0.5) is 0 Å². The van der Waals surface area contributed by atoms with E-state index in [0.29, 0.717) is 5.89 Å². The van der Waals surface area contributed by atoms with Gasteiger partial charge in [-0.2, -0.15) is 4.98 Å². The van der Waals surface area contributed by atoms with Gasteiger partial charge in [-0.3, -0.25) is 0 Å². The Bertz CT molecular complexity index is 332. The number of aromatic nitrogens is 2. The first-order valence-electron chi connectivity index (χ1n) is 5.64. The highest BCUT2D eigenvalue weighted by atomic mass is 16.5. The Labute approximate surface area is 90.4 Å². The van der Waals surface area contributed by atoms with E-state index in [1.165, 1.54) is 19.3 Å². The van der Waals surface area contributed by atoms with Gasteiger partial charge in [-0.1, -0.05) is 18.0 Å². The molecule has 1 N–H and O–H groups in total. The largest absolute Gasteiger partial charge is 0.340 e. The average Bonchev–Trinajstić information content (AvgIpc) is 2.96. The van der Waals surface area contributed by atoms with Crippen LogP contribution >= 0.6 is 0 Å². The van der Waals surface area contributed by atoms with E-state index in [4.69, 9.17) is 4.52 Å². The van der Waals surface area contributed by atoms with E-state index >= 15 is 0 Å². The van der Waals surface area contributed by atoms with Gasteiger partial charge in [0.1, 0.15) is 0 Å². The molecule has 1 fully saturated rings. The molecule has 1 atom stereocenters. The summed E-state index contributed by atoms with van der Waals surface area (Å²) in [6, 6.07) is 0. The fourth-order valence-corrected chi connectivity index (χ4v) is 1.77. The molecule has 15 heavy (non-hydrogen) atoms. The second-order valence-corrected chi connectivity index (χ2v) is 4.70. The quantitative estimate of drug-likeness (QED) is 0.806. The van der Waals surface area contributed by atoms with E-state index in [-0.39, 0.29) is 5.54 Å². The Morgan fingerprint density at radius 1 is 1.53 bits per heavy atom. The summed E-state index contributed by atoms with van der Waals surface area (Å²) in [7, 11) is 1.96. The maximum Gasteiger partial charge on any atom is 0.223 e. The Morgan fingerprint density at radius 2 is 2.27 bits per heavy atom. The van der Waals surface area contributed by atoms with Crippen molar-refractivity contribution in [1.29, 1.82) is 0 Å². The van der Waals surface area contributed by atoms with Crippen molar-refractivity contribution in [3.8, 4) is 0 Å². The number of hydrogen-bond acceptors (Lipinski definition) is 4. The Balaban J connectivity index is 2.04. The second-order valence-electron chi connectivity index (χ2n) is 4.70. The summed E-state index contributed by atoms with van der Waals surface area (Å²) in [4.78, 5) is 4.31. The molecule has 84 valence electrons. The molecule has 0 saturated heterocycles. The zero-order valence-electron chi connectivity index (χ0n) is 9.71. The van der Waals surface area contributed by atoms with Gasteiger partial charge in [0, 0.05) is 6.92 Å². The molecular weight excluding hydrogens is 190 g/mol. The summed E-state index contributed by atoms with van der Waals surface area (Å²) < 4.78 is 5.03. The number of aryl methyl sites for hydroxylation is 1. The second kappa shape index (κ2) is 3.93. The van der Waals surface area contributed by atoms with Crippen LogP contribution in [0.3, 0.4) is 0 Å². The van der Waals surface area contributed by atoms with E-state index in [0.717, 1.165) is 18.2 Å². The third kappa shape index (κ3) is 2.37. The van der Waals surface area contributed by atoms with Crippen LogP contribution in [0, 0.1) is 12.8 Å². The van der Waals surface area contributed by atoms with Gasteiger partial charge in [-0.15, -0.1) is 0 Å². The molecular formula is C11H19N3O. The smallest absolute Gasteiger partial charge is 0.223 e. The van der Waals surface area contributed by atoms with E-state index < -0.39 is 0 Å². The lowest BCUT2D eigenvalue weighted by Crippen LogP contribution is -2.38. The topological polar surface area (TPSA) is 51.0 Å². The third-order valence-electron chi connectivity index (χ3n) is 3.32. The molecule has 0 unspecified atom stereocenters. The molecule has 1 heterocycles. The molecule has 0 aromatic carbocycles. The first kappa shape index (κ1) is 10.6. The van der Waals surface area contributed by atoms with Gasteiger partial charge in [-0.05, 0) is 32.7 Å². The van der Waals surface area contributed by atoms with Crippen LogP contribution in [0.2, 0.25) is 0 Å². The highest BCUT2D eigenvalue weighted by Gasteiger charge is 2.32. The minimum atomic E-state index is -0.139. The monoisotopic (exact) mass is 209 g/mol. The van der Waals surface area contributed by atoms with Gasteiger partial charge in [0.25, 0.3) is 0 Å². The zero-order valence-corrected chi connectivity index (χ0v) is 9.71. The summed E-state index contributed by atoms with van der Waals surface area (Å²) in [5, 5.41) is 7.31. The molecule has 0 amide bonds. The highest BCUT2D eigenvalue weighted by molar-refractivity contribution is 5.02. The van der Waals surface area contributed by atoms with Crippen LogP contribution in [0.15, 0.2) is 4.52 Å². The van der Waals surface area contributed by atoms with E-state index in [2.05, 4.69) is 22.4 Å². The van der Waals surface area contributed by atoms with Crippen molar-refractivity contribution >= 4 is 0 Å². The van der Waals surface area contributed by atoms with Crippen molar-refractivity contribution in [3.63, 3.8) is 0 Å². The molecule has 1 aromatic heterocycles. The summed E-state index contributed by atoms with van der Waals surface area (Å²) in [5.41, 5.74) is -0.139. The summed E-state index contributed by atoms with van der Waals surface area (Å²) in [5.74, 6) is 2.35. The Hall–Kier alpha value is -0.900. The van der Waals surface area contributed by atoms with Crippen molar-refractivity contribution in [2.24, 2.45) is 5.92 Å². The Kier molecular flexibility index (Phi) is 2.78. The van der Waals surface area contributed by atoms with E-state index in [1.807, 2.05) is 14.0 Å². The maximum atomic E-state index is 5.03. The molecule has 1 aromatic rings. The summed E-state index contributed by atoms with van der Waals surface area (Å²) in [6.07, 6.45) is 5.12. The predicted molar refractivity (Wildman–Crippen MR) is 57.4 cm³/mol. The normalized spacial score (nSPS) is 20.2. The minimum absolute atomic E-state index is 0.139. The van der Waals surface area contributed by atoms with Crippen LogP contribution in [0.1, 0.15) is 44.3 Å². The van der Waals surface area contributed by atoms with Crippen molar-refractivity contribution in [3.05, 3.63) is 11.7 Å². The average molecular weight is 209 g/mol. The molecule has 0 aliphatic heterocycles. The maximum absolute atomic E-state index is 5.03. The van der Waals surface area contributed by atoms with Gasteiger partial charge in [0.2, 0.25) is 5.89 Å². The van der Waals surface area contributed by atoms with Gasteiger partial charge in [0.05, 0.1) is 5.54 Å². The van der Waals surface area contributed by atoms with Gasteiger partial charge >= 0.3 is 0 Å². The minimum Gasteiger partial charge on any atom is -0.340 e. The fraction of sp³-hybridized carbons (Fsp3) is 0.818. The van der Waals surface area contributed by atoms with E-state index in [1.54, 1.807) is 0 Å². The molecule has 0 spiro atoms. The van der Waals surface area contributed by atoms with Crippen LogP contribution in [0.5, 0.6) is 0 Å². The number of nitrogens with one attached hydrogen (secondary N) is 1. The van der Waals surface area contributed by atoms with Gasteiger partial charge in [-0.25, -0.2) is 0 Å². The number of nitrogens with zero attached hydrogens (tertiary/aromatic N) is 2. The van der Waals surface area contributed by atoms with Crippen molar-refractivity contribution in [2.75, 3.05) is 7.05 Å². The first-order valence-corrected chi connectivity index (χ1v) is 5.64. The standard InChI is InChI=1S/C11H19N3O/c1-8-13-10(14-15-8)11(2,12-3)7-6-9-4-5-9/h9,12H,4-7H2,1-3H3/t11-/m1/s1. The first-order chi connectivity index (χ1) is 7.14. The highest BCUT2D eigenvalue weighted by Crippen LogP contribution is 2.37. The summed E-state index contributed by atoms with van der Waals surface area (Å²) >= 11 is 0. The van der Waals surface area contributed by atoms with Crippen molar-refractivity contribution < 1.29 is 4.52 Å². The lowest BCUT2D eigenvalue weighted by atomic mass is 9.93. The van der Waals surface area contributed by atoms with Crippen LogP contribution < -0.4 is 5.32 Å². The fourth-order valence-electron chi connectivity index (χ4n) is 1.77. The molecule has 4 heteroatoms. The molecule has 1 aliphatic carbocycles. The molecule has 2 rings (SSSR count). The molecule has 0 radical (unpaired) electrons. The predicted octanol–water partition coefficient (Wildman–Crippen LogP) is 2.00. The summed E-state index contributed by atoms with van der Waals surface area (Å²) in [6.45, 7) is 3.97. The van der Waals surface area contributed by atoms with Crippen LogP contribution in [0.25, 0.3) is 0 Å². The number of rotatable bonds is 5. The zero-order chi connectivity index (χ0) is 10.9. The SMILES string of the molecule is CN[C@](C)(CCC1CC1)c1noc(C)n1. The van der Waals surface area contributed by atoms with Gasteiger partial charge in [0.15, 0.2) is 5.82 Å². The van der Waals surface area contributed by atoms with E-state index in [9.17, 15) is 0 Å². The van der Waals surface area contributed by atoms with Gasteiger partial charge < -0.3 is 9.84 Å². The Morgan fingerprint density at radius 3 is 2.73 bits per heavy atom. The molecule has 4 nitrogen and oxygen atoms in total. The molecule has 0 bridgehead atoms. The van der Waals surface area contributed by atoms with Crippen molar-refractivity contribution in [1.82, 2.24) is 15.5 Å². The lowest BCUT2D eigenvalue weighted by molar-refractivity contribution is 0.307. The third-order valence-corrected chi connectivity index (χ3v) is 3.32. The lowest BCUT2D eigenvalue weighted by Gasteiger charge is -2.25. The number of hydrogen-bond donors (Lipinski definition) is 1. The molecule has 1 saturated carbocycles. The molecule has 1 aliphatic rings.